The van der Waals surface area contributed by atoms with E-state index in [1.165, 1.54) is 19.8 Å². The molecule has 194 valence electrons. The van der Waals surface area contributed by atoms with Crippen molar-refractivity contribution in [2.45, 2.75) is 19.3 Å². The first-order chi connectivity index (χ1) is 18.1. The lowest BCUT2D eigenvalue weighted by atomic mass is 9.95. The molecule has 2 aliphatic rings. The zero-order valence-corrected chi connectivity index (χ0v) is 21.1. The van der Waals surface area contributed by atoms with Crippen LogP contribution in [0, 0.1) is 5.92 Å². The number of carbonyl (C=O) groups is 2. The van der Waals surface area contributed by atoms with Gasteiger partial charge >= 0.3 is 5.97 Å². The Hall–Kier alpha value is -3.85. The Bertz CT molecular complexity index is 1300. The molecular formula is C28H31N3O6. The van der Waals surface area contributed by atoms with Crippen LogP contribution in [-0.2, 0) is 16.0 Å². The summed E-state index contributed by atoms with van der Waals surface area (Å²) in [6.07, 6.45) is 2.48. The minimum absolute atomic E-state index is 0.0387. The lowest BCUT2D eigenvalue weighted by molar-refractivity contribution is -0.121. The van der Waals surface area contributed by atoms with Gasteiger partial charge in [-0.3, -0.25) is 4.79 Å². The van der Waals surface area contributed by atoms with Crippen LogP contribution in [0.2, 0.25) is 0 Å². The lowest BCUT2D eigenvalue weighted by Crippen LogP contribution is -2.39. The van der Waals surface area contributed by atoms with Gasteiger partial charge in [-0.05, 0) is 56.1 Å². The van der Waals surface area contributed by atoms with E-state index in [0.29, 0.717) is 35.4 Å². The number of methoxy groups -OCH3 is 2. The molecule has 1 aromatic heterocycles. The molecule has 9 heteroatoms. The number of likely N-dealkylation sites (tertiary alicyclic amines) is 1. The van der Waals surface area contributed by atoms with Crippen molar-refractivity contribution in [2.75, 3.05) is 52.4 Å². The van der Waals surface area contributed by atoms with E-state index < -0.39 is 5.97 Å². The summed E-state index contributed by atoms with van der Waals surface area (Å²) in [5.41, 5.74) is 2.60. The maximum atomic E-state index is 13.2. The number of nitrogens with one attached hydrogen (secondary N) is 1. The van der Waals surface area contributed by atoms with Crippen LogP contribution in [0.3, 0.4) is 0 Å². The highest BCUT2D eigenvalue weighted by Gasteiger charge is 2.26. The zero-order chi connectivity index (χ0) is 25.8. The highest BCUT2D eigenvalue weighted by molar-refractivity contribution is 6.09. The standard InChI is InChI=1S/C28H31N3O6/c1-34-25-17-21(28(33)35-2)20-4-3-5-22(26(20)30-25)29-27(32)19-9-12-31(13-10-19)11-8-18-6-7-23-24(16-18)37-15-14-36-23/h3-7,16-17,19H,8-15H2,1-2H3,(H,29,32). The number of benzene rings is 2. The number of hydrogen-bond donors (Lipinski definition) is 1. The summed E-state index contributed by atoms with van der Waals surface area (Å²) in [4.78, 5) is 32.4. The largest absolute Gasteiger partial charge is 0.486 e. The molecule has 5 rings (SSSR count). The minimum Gasteiger partial charge on any atom is -0.486 e. The van der Waals surface area contributed by atoms with Crippen molar-refractivity contribution in [1.82, 2.24) is 9.88 Å². The molecule has 1 fully saturated rings. The van der Waals surface area contributed by atoms with Crippen molar-refractivity contribution < 1.29 is 28.5 Å². The molecule has 1 amide bonds. The fourth-order valence-electron chi connectivity index (χ4n) is 4.89. The Labute approximate surface area is 215 Å². The normalized spacial score (nSPS) is 15.8. The number of rotatable bonds is 7. The molecule has 37 heavy (non-hydrogen) atoms. The van der Waals surface area contributed by atoms with Crippen molar-refractivity contribution >= 4 is 28.5 Å². The highest BCUT2D eigenvalue weighted by atomic mass is 16.6. The van der Waals surface area contributed by atoms with Gasteiger partial charge in [0.1, 0.15) is 13.2 Å². The highest BCUT2D eigenvalue weighted by Crippen LogP contribution is 2.32. The van der Waals surface area contributed by atoms with Gasteiger partial charge in [0.15, 0.2) is 11.5 Å². The van der Waals surface area contributed by atoms with Crippen LogP contribution in [0.1, 0.15) is 28.8 Å². The molecule has 0 unspecified atom stereocenters. The number of anilines is 1. The maximum Gasteiger partial charge on any atom is 0.338 e. The van der Waals surface area contributed by atoms with Gasteiger partial charge in [0.25, 0.3) is 0 Å². The summed E-state index contributed by atoms with van der Waals surface area (Å²) in [6.45, 7) is 3.82. The molecule has 0 aliphatic carbocycles. The first-order valence-corrected chi connectivity index (χ1v) is 12.5. The van der Waals surface area contributed by atoms with Crippen molar-refractivity contribution in [3.05, 3.63) is 53.6 Å². The molecule has 2 aliphatic heterocycles. The summed E-state index contributed by atoms with van der Waals surface area (Å²) in [6, 6.07) is 13.0. The third-order valence-corrected chi connectivity index (χ3v) is 6.97. The van der Waals surface area contributed by atoms with Crippen LogP contribution in [0.5, 0.6) is 17.4 Å². The number of fused-ring (bicyclic) bond motifs is 2. The van der Waals surface area contributed by atoms with Gasteiger partial charge < -0.3 is 29.2 Å². The van der Waals surface area contributed by atoms with E-state index in [1.54, 1.807) is 24.3 Å². The number of amides is 1. The fraction of sp³-hybridized carbons (Fsp3) is 0.393. The Morgan fingerprint density at radius 3 is 2.59 bits per heavy atom. The molecule has 1 N–H and O–H groups in total. The molecular weight excluding hydrogens is 474 g/mol. The van der Waals surface area contributed by atoms with Crippen molar-refractivity contribution in [2.24, 2.45) is 5.92 Å². The van der Waals surface area contributed by atoms with Gasteiger partial charge in [-0.15, -0.1) is 0 Å². The minimum atomic E-state index is -0.488. The SMILES string of the molecule is COC(=O)c1cc(OC)nc2c(NC(=O)C3CCN(CCc4ccc5c(c4)OCCO5)CC3)cccc12. The van der Waals surface area contributed by atoms with E-state index in [2.05, 4.69) is 27.3 Å². The number of carbonyl (C=O) groups excluding carboxylic acids is 2. The number of aromatic nitrogens is 1. The van der Waals surface area contributed by atoms with Crippen LogP contribution in [0.4, 0.5) is 5.69 Å². The predicted octanol–water partition coefficient (Wildman–Crippen LogP) is 3.69. The summed E-state index contributed by atoms with van der Waals surface area (Å²) in [7, 11) is 2.81. The summed E-state index contributed by atoms with van der Waals surface area (Å²) in [5.74, 6) is 1.29. The van der Waals surface area contributed by atoms with Gasteiger partial charge in [0.05, 0.1) is 31.0 Å². The second-order valence-electron chi connectivity index (χ2n) is 9.24. The quantitative estimate of drug-likeness (QED) is 0.486. The van der Waals surface area contributed by atoms with Gasteiger partial charge in [0.2, 0.25) is 11.8 Å². The zero-order valence-electron chi connectivity index (χ0n) is 21.1. The Balaban J connectivity index is 1.20. The lowest BCUT2D eigenvalue weighted by Gasteiger charge is -2.31. The van der Waals surface area contributed by atoms with Gasteiger partial charge in [-0.1, -0.05) is 18.2 Å². The predicted molar refractivity (Wildman–Crippen MR) is 139 cm³/mol. The molecule has 2 aromatic carbocycles. The van der Waals surface area contributed by atoms with E-state index in [1.807, 2.05) is 6.07 Å². The number of hydrogen-bond acceptors (Lipinski definition) is 8. The van der Waals surface area contributed by atoms with Crippen LogP contribution < -0.4 is 19.5 Å². The molecule has 0 bridgehead atoms. The molecule has 9 nitrogen and oxygen atoms in total. The maximum absolute atomic E-state index is 13.2. The second kappa shape index (κ2) is 11.0. The molecule has 0 saturated carbocycles. The van der Waals surface area contributed by atoms with E-state index in [0.717, 1.165) is 50.4 Å². The number of pyridine rings is 1. The van der Waals surface area contributed by atoms with E-state index >= 15 is 0 Å². The summed E-state index contributed by atoms with van der Waals surface area (Å²) >= 11 is 0. The van der Waals surface area contributed by atoms with E-state index in [9.17, 15) is 9.59 Å². The van der Waals surface area contributed by atoms with Gasteiger partial charge in [0, 0.05) is 23.9 Å². The summed E-state index contributed by atoms with van der Waals surface area (Å²) < 4.78 is 21.5. The molecule has 0 spiro atoms. The molecule has 1 saturated heterocycles. The van der Waals surface area contributed by atoms with Crippen molar-refractivity contribution in [1.29, 1.82) is 0 Å². The van der Waals surface area contributed by atoms with Gasteiger partial charge in [-0.2, -0.15) is 0 Å². The third-order valence-electron chi connectivity index (χ3n) is 6.97. The molecule has 0 atom stereocenters. The Morgan fingerprint density at radius 1 is 1.05 bits per heavy atom. The number of nitrogens with zero attached hydrogens (tertiary/aromatic N) is 2. The Morgan fingerprint density at radius 2 is 1.84 bits per heavy atom. The molecule has 3 aromatic rings. The molecule has 0 radical (unpaired) electrons. The second-order valence-corrected chi connectivity index (χ2v) is 9.24. The van der Waals surface area contributed by atoms with Crippen LogP contribution in [0.15, 0.2) is 42.5 Å². The van der Waals surface area contributed by atoms with E-state index in [-0.39, 0.29) is 17.7 Å². The number of para-hydroxylation sites is 1. The number of ether oxygens (including phenoxy) is 4. The smallest absolute Gasteiger partial charge is 0.338 e. The van der Waals surface area contributed by atoms with Crippen LogP contribution in [-0.4, -0.2) is 68.8 Å². The monoisotopic (exact) mass is 505 g/mol. The number of piperidine rings is 1. The Kier molecular flexibility index (Phi) is 7.41. The number of esters is 1. The third kappa shape index (κ3) is 5.46. The van der Waals surface area contributed by atoms with Crippen LogP contribution in [0.25, 0.3) is 10.9 Å². The molecule has 3 heterocycles. The van der Waals surface area contributed by atoms with Gasteiger partial charge in [-0.25, -0.2) is 9.78 Å². The van der Waals surface area contributed by atoms with Crippen LogP contribution >= 0.6 is 0 Å². The first-order valence-electron chi connectivity index (χ1n) is 12.5. The average Bonchev–Trinajstić information content (AvgIpc) is 2.95. The van der Waals surface area contributed by atoms with E-state index in [4.69, 9.17) is 18.9 Å². The first kappa shape index (κ1) is 24.8. The average molecular weight is 506 g/mol. The van der Waals surface area contributed by atoms with Crippen molar-refractivity contribution in [3.63, 3.8) is 0 Å². The topological polar surface area (TPSA) is 99.2 Å². The van der Waals surface area contributed by atoms with Crippen molar-refractivity contribution in [3.8, 4) is 17.4 Å². The summed E-state index contributed by atoms with van der Waals surface area (Å²) in [5, 5.41) is 3.64. The fourth-order valence-corrected chi connectivity index (χ4v) is 4.89.